The van der Waals surface area contributed by atoms with Gasteiger partial charge in [0.15, 0.2) is 22.4 Å². The van der Waals surface area contributed by atoms with Crippen LogP contribution in [0.15, 0.2) is 115 Å². The van der Waals surface area contributed by atoms with E-state index in [-0.39, 0.29) is 69.5 Å². The van der Waals surface area contributed by atoms with Crippen LogP contribution in [0.2, 0.25) is 41.3 Å². The van der Waals surface area contributed by atoms with Gasteiger partial charge in [-0.1, -0.05) is 137 Å². The Morgan fingerprint density at radius 1 is 0.823 bits per heavy atom. The van der Waals surface area contributed by atoms with E-state index >= 15 is 4.79 Å². The van der Waals surface area contributed by atoms with Crippen LogP contribution in [0.5, 0.6) is 5.75 Å². The van der Waals surface area contributed by atoms with Gasteiger partial charge >= 0.3 is 18.2 Å². The van der Waals surface area contributed by atoms with Gasteiger partial charge in [-0.05, 0) is 147 Å². The van der Waals surface area contributed by atoms with E-state index < -0.39 is 142 Å². The fraction of sp³-hybridized carbons (Fsp3) is 0.548. The van der Waals surface area contributed by atoms with Crippen molar-refractivity contribution in [1.82, 2.24) is 39.9 Å². The quantitative estimate of drug-likeness (QED) is 0.00938. The number of epoxide rings is 1. The lowest BCUT2D eigenvalue weighted by molar-refractivity contribution is -0.162. The van der Waals surface area contributed by atoms with Crippen molar-refractivity contribution in [3.63, 3.8) is 0 Å². The molecule has 4 heterocycles. The number of ether oxygens (including phenoxy) is 6. The van der Waals surface area contributed by atoms with E-state index in [0.717, 1.165) is 50.0 Å². The van der Waals surface area contributed by atoms with Crippen LogP contribution in [0.1, 0.15) is 135 Å². The van der Waals surface area contributed by atoms with Crippen molar-refractivity contribution in [2.75, 3.05) is 86.6 Å². The number of alkyl carbamates (subject to hydrolysis) is 1. The summed E-state index contributed by atoms with van der Waals surface area (Å²) in [6.07, 6.45) is 0.975. The first kappa shape index (κ1) is 88.5. The Morgan fingerprint density at radius 2 is 1.43 bits per heavy atom. The lowest BCUT2D eigenvalue weighted by Gasteiger charge is -2.42. The SMILES string of the molecule is COc1cc2cc(c1Cl)N(C)C(=O)C[C@H](OC(=O)[C@H](C)N(C)C(=O)CCN(CCCC(C)(C)[Si](C)(C)O)C(=O)CN(CCCC(C)(C)[Si](C)(C)O)C(=O)CNC(=O)CCn1c(CN(C)N(C)C(=O)OCC3c4ccccc4-c4ccccc43)cc3ccccc31)[C@]1(C)OC1[C@H](C)[C@@H]1CC(O)(NC(=O)O1)[C@H](OC)/C=C/C=C(\C)C2. The molecule has 113 heavy (non-hydrogen) atoms. The summed E-state index contributed by atoms with van der Waals surface area (Å²) in [5, 5.41) is 20.7. The van der Waals surface area contributed by atoms with Crippen molar-refractivity contribution in [3.05, 3.63) is 142 Å². The first-order valence-corrected chi connectivity index (χ1v) is 45.3. The smallest absolute Gasteiger partial charge is 0.424 e. The van der Waals surface area contributed by atoms with Crippen LogP contribution in [0, 0.1) is 5.92 Å². The maximum atomic E-state index is 15.1. The number of likely N-dealkylation sites (N-methyl/N-ethyl adjacent to an activating group) is 1. The van der Waals surface area contributed by atoms with Crippen molar-refractivity contribution in [3.8, 4) is 16.9 Å². The summed E-state index contributed by atoms with van der Waals surface area (Å²) < 4.78 is 38.0. The molecule has 9 rings (SSSR count). The maximum Gasteiger partial charge on any atom is 0.424 e. The molecule has 4 aliphatic rings. The third-order valence-electron chi connectivity index (χ3n) is 24.3. The van der Waals surface area contributed by atoms with Crippen molar-refractivity contribution in [2.24, 2.45) is 5.92 Å². The molecule has 4 aromatic carbocycles. The summed E-state index contributed by atoms with van der Waals surface area (Å²) in [4.78, 5) is 143. The van der Waals surface area contributed by atoms with Crippen molar-refractivity contribution in [2.45, 2.75) is 210 Å². The molecule has 2 saturated heterocycles. The van der Waals surface area contributed by atoms with Gasteiger partial charge in [-0.25, -0.2) is 24.4 Å². The molecule has 5 aromatic rings. The number of allylic oxidation sites excluding steroid dienone is 3. The Balaban J connectivity index is 0.884. The van der Waals surface area contributed by atoms with E-state index in [2.05, 4.69) is 34.9 Å². The van der Waals surface area contributed by atoms with Crippen LogP contribution < -0.4 is 20.3 Å². The number of nitrogens with zero attached hydrogens (tertiary/aromatic N) is 7. The van der Waals surface area contributed by atoms with Gasteiger partial charge in [-0.15, -0.1) is 0 Å². The molecule has 1 aromatic heterocycles. The van der Waals surface area contributed by atoms with E-state index in [9.17, 15) is 48.3 Å². The number of esters is 1. The number of fused-ring (bicyclic) bond motifs is 9. The molecule has 8 atom stereocenters. The molecule has 26 nitrogen and oxygen atoms in total. The fourth-order valence-electron chi connectivity index (χ4n) is 15.0. The molecule has 5 N–H and O–H groups in total. The zero-order valence-electron chi connectivity index (χ0n) is 69.0. The number of hydrogen-bond acceptors (Lipinski definition) is 18. The first-order valence-electron chi connectivity index (χ1n) is 39.0. The monoisotopic (exact) mass is 1620 g/mol. The lowest BCUT2D eigenvalue weighted by Crippen LogP contribution is -2.63. The average Bonchev–Trinajstić information content (AvgIpc) is 1.57. The minimum Gasteiger partial charge on any atom is -0.495 e. The van der Waals surface area contributed by atoms with E-state index in [1.54, 1.807) is 57.2 Å². The minimum absolute atomic E-state index is 0.0321. The topological polar surface area (TPSA) is 304 Å². The first-order chi connectivity index (χ1) is 53.0. The predicted octanol–water partition coefficient (Wildman–Crippen LogP) is 11.5. The van der Waals surface area contributed by atoms with Crippen LogP contribution >= 0.6 is 11.6 Å². The van der Waals surface area contributed by atoms with E-state index in [1.807, 2.05) is 126 Å². The molecule has 2 unspecified atom stereocenters. The molecule has 0 spiro atoms. The number of para-hydroxylation sites is 1. The summed E-state index contributed by atoms with van der Waals surface area (Å²) >= 11 is 6.94. The second-order valence-corrected chi connectivity index (χ2v) is 42.8. The standard InChI is InChI=1S/C84H118ClN9O17Si2/c1-54-28-25-35-69(107-14)84(103)49-68(109-79(101)87-84)55(2)77-83(8,111-77)70(48-73(97)90(11)66-45-57(44-54)46-67(106-13)76(66)85)110-78(100)56(3)89(10)72(96)37-42-92(40-26-38-81(4,5)112(15,16)104)75(99)52-93(41-27-39-82(6,7)113(17,18)105)74(98)50-86-71(95)36-43-94-59(47-58-29-19-24-34-65(58)94)51-88(9)91(12)80(102)108-53-64-62-32-22-20-30-60(62)61-31-21-23-33-63(61)64/h19-25,28-35,45-47,55-56,64,68-70,77,103-105H,26-27,36-44,48-53H2,1-18H3,(H,86,95)(H,87,101)/b35-25+,54-28+/t55-,56+,68+,69-,70+,77?,83+,84?/m1/s1. The Bertz CT molecular complexity index is 4320. The molecule has 3 aliphatic heterocycles. The Hall–Kier alpha value is -8.46. The molecule has 7 amide bonds. The van der Waals surface area contributed by atoms with Gasteiger partial charge in [-0.3, -0.25) is 29.3 Å². The second-order valence-electron chi connectivity index (χ2n) is 33.5. The van der Waals surface area contributed by atoms with Gasteiger partial charge in [0.25, 0.3) is 0 Å². The number of aliphatic hydroxyl groups is 1. The molecule has 2 fully saturated rings. The number of halogens is 1. The molecule has 4 bridgehead atoms. The summed E-state index contributed by atoms with van der Waals surface area (Å²) in [5.41, 5.74) is 4.74. The fourth-order valence-corrected chi connectivity index (χ4v) is 16.9. The largest absolute Gasteiger partial charge is 0.495 e. The molecule has 1 aliphatic carbocycles. The number of benzene rings is 4. The number of carbonyl (C=O) groups excluding carboxylic acids is 8. The highest BCUT2D eigenvalue weighted by Crippen LogP contribution is 2.50. The van der Waals surface area contributed by atoms with Crippen LogP contribution in [-0.2, 0) is 72.0 Å². The minimum atomic E-state index is -2.74. The van der Waals surface area contributed by atoms with Crippen LogP contribution in [0.4, 0.5) is 15.3 Å². The van der Waals surface area contributed by atoms with Crippen LogP contribution in [0.25, 0.3) is 22.0 Å². The number of aromatic nitrogens is 1. The van der Waals surface area contributed by atoms with Gasteiger partial charge in [0.05, 0.1) is 45.0 Å². The number of rotatable bonds is 30. The molecule has 616 valence electrons. The second kappa shape index (κ2) is 36.6. The van der Waals surface area contributed by atoms with Crippen molar-refractivity contribution >= 4 is 92.5 Å². The Labute approximate surface area is 672 Å². The predicted molar refractivity (Wildman–Crippen MR) is 439 cm³/mol. The third kappa shape index (κ3) is 21.0. The van der Waals surface area contributed by atoms with Crippen LogP contribution in [0.3, 0.4) is 0 Å². The average molecular weight is 1620 g/mol. The van der Waals surface area contributed by atoms with Crippen molar-refractivity contribution in [1.29, 1.82) is 0 Å². The number of carbonyl (C=O) groups is 8. The number of methoxy groups -OCH3 is 2. The molecule has 29 heteroatoms. The van der Waals surface area contributed by atoms with E-state index in [1.165, 1.54) is 59.8 Å². The lowest BCUT2D eigenvalue weighted by atomic mass is 9.83. The van der Waals surface area contributed by atoms with Gasteiger partial charge in [0, 0.05) is 104 Å². The maximum absolute atomic E-state index is 15.1. The molecular formula is C84H118ClN9O17Si2. The Morgan fingerprint density at radius 3 is 2.05 bits per heavy atom. The van der Waals surface area contributed by atoms with Gasteiger partial charge in [0.1, 0.15) is 47.3 Å². The number of nitrogens with one attached hydrogen (secondary N) is 2. The zero-order valence-corrected chi connectivity index (χ0v) is 71.8. The van der Waals surface area contributed by atoms with Crippen LogP contribution in [-0.4, -0.2) is 232 Å². The van der Waals surface area contributed by atoms with Crippen molar-refractivity contribution < 1.29 is 81.5 Å². The third-order valence-corrected chi connectivity index (χ3v) is 31.8. The van der Waals surface area contributed by atoms with Gasteiger partial charge < -0.3 is 72.6 Å². The van der Waals surface area contributed by atoms with Gasteiger partial charge in [-0.2, -0.15) is 0 Å². The number of hydrazine groups is 1. The number of aryl methyl sites for hydroxylation is 1. The number of anilines is 1. The molecule has 0 saturated carbocycles. The summed E-state index contributed by atoms with van der Waals surface area (Å²) in [7, 11) is 3.81. The highest BCUT2D eigenvalue weighted by Gasteiger charge is 2.65. The summed E-state index contributed by atoms with van der Waals surface area (Å²) in [6.45, 7) is 22.0. The highest BCUT2D eigenvalue weighted by molar-refractivity contribution is 6.73. The Kier molecular flexibility index (Phi) is 28.6. The van der Waals surface area contributed by atoms with Gasteiger partial charge in [0.2, 0.25) is 29.5 Å². The number of hydrogen-bond donors (Lipinski definition) is 5. The zero-order chi connectivity index (χ0) is 83.0. The van der Waals surface area contributed by atoms with E-state index in [0.29, 0.717) is 43.5 Å². The molecular weight excluding hydrogens is 1500 g/mol. The summed E-state index contributed by atoms with van der Waals surface area (Å²) in [5.74, 6) is -3.89. The van der Waals surface area contributed by atoms with E-state index in [4.69, 9.17) is 40.0 Å². The molecule has 0 radical (unpaired) electrons. The summed E-state index contributed by atoms with van der Waals surface area (Å²) in [6, 6.07) is 28.3. The normalized spacial score (nSPS) is 21.8. The highest BCUT2D eigenvalue weighted by atomic mass is 35.5. The number of amides is 7.